The highest BCUT2D eigenvalue weighted by molar-refractivity contribution is 7.94. The predicted molar refractivity (Wildman–Crippen MR) is 96.8 cm³/mol. The van der Waals surface area contributed by atoms with Crippen molar-refractivity contribution in [1.29, 1.82) is 0 Å². The second-order valence-corrected chi connectivity index (χ2v) is 10.9. The second-order valence-electron chi connectivity index (χ2n) is 5.75. The number of fused-ring (bicyclic) bond motifs is 1. The lowest BCUT2D eigenvalue weighted by atomic mass is 10.0. The number of nitrogens with one attached hydrogen (secondary N) is 1. The Morgan fingerprint density at radius 2 is 1.88 bits per heavy atom. The summed E-state index contributed by atoms with van der Waals surface area (Å²) in [6, 6.07) is 8.31. The van der Waals surface area contributed by atoms with Crippen LogP contribution in [0.1, 0.15) is 16.9 Å². The van der Waals surface area contributed by atoms with Crippen molar-refractivity contribution in [2.45, 2.75) is 24.0 Å². The summed E-state index contributed by atoms with van der Waals surface area (Å²) in [5, 5.41) is 0. The third-order valence-electron chi connectivity index (χ3n) is 3.79. The molecule has 2 heterocycles. The van der Waals surface area contributed by atoms with E-state index in [1.807, 2.05) is 6.92 Å². The van der Waals surface area contributed by atoms with Crippen LogP contribution in [0.15, 0.2) is 34.5 Å². The molecule has 0 fully saturated rings. The standard InChI is InChI=1S/C15H18N2O4S3/c1-11-5-8-15(22-11)24(20,21)16-13-6-7-14-12(10-13)4-3-9-17(14)23(2,18)19/h5-8,10,16H,3-4,9H2,1-2H3. The van der Waals surface area contributed by atoms with Crippen LogP contribution in [-0.4, -0.2) is 29.6 Å². The van der Waals surface area contributed by atoms with Crippen molar-refractivity contribution in [3.05, 3.63) is 40.8 Å². The van der Waals surface area contributed by atoms with Crippen LogP contribution in [0.3, 0.4) is 0 Å². The summed E-state index contributed by atoms with van der Waals surface area (Å²) in [4.78, 5) is 0.921. The molecule has 2 aromatic rings. The Morgan fingerprint density at radius 1 is 1.12 bits per heavy atom. The summed E-state index contributed by atoms with van der Waals surface area (Å²) in [5.41, 5.74) is 1.89. The Balaban J connectivity index is 1.92. The topological polar surface area (TPSA) is 83.6 Å². The van der Waals surface area contributed by atoms with E-state index in [-0.39, 0.29) is 4.21 Å². The van der Waals surface area contributed by atoms with Gasteiger partial charge in [-0.05, 0) is 55.7 Å². The van der Waals surface area contributed by atoms with E-state index in [1.165, 1.54) is 21.9 Å². The first-order valence-electron chi connectivity index (χ1n) is 7.37. The summed E-state index contributed by atoms with van der Waals surface area (Å²) in [7, 11) is -6.96. The minimum Gasteiger partial charge on any atom is -0.279 e. The van der Waals surface area contributed by atoms with Crippen molar-refractivity contribution in [3.63, 3.8) is 0 Å². The van der Waals surface area contributed by atoms with Crippen LogP contribution in [0.2, 0.25) is 0 Å². The van der Waals surface area contributed by atoms with Crippen molar-refractivity contribution in [2.75, 3.05) is 21.8 Å². The second kappa shape index (κ2) is 6.05. The molecule has 0 unspecified atom stereocenters. The van der Waals surface area contributed by atoms with Crippen LogP contribution in [-0.2, 0) is 26.5 Å². The first kappa shape index (κ1) is 17.2. The fourth-order valence-corrected chi connectivity index (χ4v) is 6.06. The van der Waals surface area contributed by atoms with Gasteiger partial charge in [0.15, 0.2) is 0 Å². The zero-order valence-electron chi connectivity index (χ0n) is 13.3. The molecule has 0 bridgehead atoms. The largest absolute Gasteiger partial charge is 0.279 e. The molecule has 0 saturated carbocycles. The lowest BCUT2D eigenvalue weighted by molar-refractivity contribution is 0.592. The summed E-state index contributed by atoms with van der Waals surface area (Å²) < 4.78 is 52.7. The van der Waals surface area contributed by atoms with Gasteiger partial charge in [-0.1, -0.05) is 0 Å². The molecule has 0 saturated heterocycles. The number of benzene rings is 1. The predicted octanol–water partition coefficient (Wildman–Crippen LogP) is 2.57. The highest BCUT2D eigenvalue weighted by Crippen LogP contribution is 2.32. The summed E-state index contributed by atoms with van der Waals surface area (Å²) in [6.45, 7) is 2.30. The zero-order valence-corrected chi connectivity index (χ0v) is 15.8. The molecule has 6 nitrogen and oxygen atoms in total. The van der Waals surface area contributed by atoms with Gasteiger partial charge in [-0.3, -0.25) is 9.03 Å². The van der Waals surface area contributed by atoms with E-state index in [0.717, 1.165) is 16.9 Å². The number of sulfonamides is 2. The van der Waals surface area contributed by atoms with Crippen molar-refractivity contribution < 1.29 is 16.8 Å². The van der Waals surface area contributed by atoms with Gasteiger partial charge in [-0.2, -0.15) is 0 Å². The molecule has 24 heavy (non-hydrogen) atoms. The molecule has 9 heteroatoms. The summed E-state index contributed by atoms with van der Waals surface area (Å²) in [6.07, 6.45) is 2.60. The average molecular weight is 387 g/mol. The van der Waals surface area contributed by atoms with Crippen molar-refractivity contribution >= 4 is 42.8 Å². The highest BCUT2D eigenvalue weighted by atomic mass is 32.2. The molecule has 1 N–H and O–H groups in total. The Morgan fingerprint density at radius 3 is 2.50 bits per heavy atom. The molecule has 0 spiro atoms. The van der Waals surface area contributed by atoms with Crippen molar-refractivity contribution in [2.24, 2.45) is 0 Å². The van der Waals surface area contributed by atoms with Gasteiger partial charge >= 0.3 is 0 Å². The van der Waals surface area contributed by atoms with Gasteiger partial charge in [0.1, 0.15) is 4.21 Å². The van der Waals surface area contributed by atoms with Gasteiger partial charge in [-0.25, -0.2) is 16.8 Å². The molecule has 0 aliphatic carbocycles. The van der Waals surface area contributed by atoms with Crippen LogP contribution in [0.25, 0.3) is 0 Å². The van der Waals surface area contributed by atoms with E-state index in [1.54, 1.807) is 30.3 Å². The fraction of sp³-hybridized carbons (Fsp3) is 0.333. The molecule has 0 atom stereocenters. The number of aryl methyl sites for hydroxylation is 2. The smallest absolute Gasteiger partial charge is 0.271 e. The highest BCUT2D eigenvalue weighted by Gasteiger charge is 2.25. The average Bonchev–Trinajstić information content (AvgIpc) is 2.92. The maximum atomic E-state index is 12.4. The number of thiophene rings is 1. The van der Waals surface area contributed by atoms with Gasteiger partial charge in [0.2, 0.25) is 10.0 Å². The van der Waals surface area contributed by atoms with Crippen LogP contribution < -0.4 is 9.03 Å². The molecule has 3 rings (SSSR count). The summed E-state index contributed by atoms with van der Waals surface area (Å²) >= 11 is 1.21. The maximum Gasteiger partial charge on any atom is 0.271 e. The molecule has 1 aliphatic rings. The van der Waals surface area contributed by atoms with Crippen LogP contribution in [0.5, 0.6) is 0 Å². The molecule has 1 aliphatic heterocycles. The number of nitrogens with zero attached hydrogens (tertiary/aromatic N) is 1. The van der Waals surface area contributed by atoms with Gasteiger partial charge in [0, 0.05) is 17.1 Å². The summed E-state index contributed by atoms with van der Waals surface area (Å²) in [5.74, 6) is 0. The van der Waals surface area contributed by atoms with E-state index in [0.29, 0.717) is 24.3 Å². The number of hydrogen-bond acceptors (Lipinski definition) is 5. The van der Waals surface area contributed by atoms with Gasteiger partial charge in [0.05, 0.1) is 11.9 Å². The molecule has 130 valence electrons. The minimum atomic E-state index is -3.62. The third-order valence-corrected chi connectivity index (χ3v) is 7.84. The normalized spacial score (nSPS) is 15.2. The third kappa shape index (κ3) is 3.42. The van der Waals surface area contributed by atoms with E-state index in [9.17, 15) is 16.8 Å². The number of anilines is 2. The van der Waals surface area contributed by atoms with Crippen LogP contribution in [0.4, 0.5) is 11.4 Å². The minimum absolute atomic E-state index is 0.260. The Bertz CT molecular complexity index is 978. The quantitative estimate of drug-likeness (QED) is 0.875. The molecular formula is C15H18N2O4S3. The Kier molecular flexibility index (Phi) is 4.35. The van der Waals surface area contributed by atoms with Crippen molar-refractivity contribution in [3.8, 4) is 0 Å². The molecule has 0 radical (unpaired) electrons. The lowest BCUT2D eigenvalue weighted by Gasteiger charge is -2.29. The maximum absolute atomic E-state index is 12.4. The van der Waals surface area contributed by atoms with Gasteiger partial charge in [0.25, 0.3) is 10.0 Å². The molecule has 1 aromatic heterocycles. The molecule has 1 aromatic carbocycles. The Hall–Kier alpha value is -1.58. The van der Waals surface area contributed by atoms with E-state index in [2.05, 4.69) is 4.72 Å². The van der Waals surface area contributed by atoms with Crippen LogP contribution in [0, 0.1) is 6.92 Å². The van der Waals surface area contributed by atoms with Gasteiger partial charge in [-0.15, -0.1) is 11.3 Å². The number of rotatable bonds is 4. The SMILES string of the molecule is Cc1ccc(S(=O)(=O)Nc2ccc3c(c2)CCCN3S(C)(=O)=O)s1. The van der Waals surface area contributed by atoms with Crippen molar-refractivity contribution in [1.82, 2.24) is 0 Å². The van der Waals surface area contributed by atoms with Gasteiger partial charge < -0.3 is 0 Å². The lowest BCUT2D eigenvalue weighted by Crippen LogP contribution is -2.34. The fourth-order valence-electron chi connectivity index (χ4n) is 2.73. The first-order valence-corrected chi connectivity index (χ1v) is 11.5. The Labute approximate surface area is 146 Å². The first-order chi connectivity index (χ1) is 11.2. The zero-order chi connectivity index (χ0) is 17.5. The van der Waals surface area contributed by atoms with E-state index < -0.39 is 20.0 Å². The molecule has 0 amide bonds. The molecular weight excluding hydrogens is 368 g/mol. The number of hydrogen-bond donors (Lipinski definition) is 1. The monoisotopic (exact) mass is 386 g/mol. The van der Waals surface area contributed by atoms with E-state index >= 15 is 0 Å². The van der Waals surface area contributed by atoms with E-state index in [4.69, 9.17) is 0 Å². The van der Waals surface area contributed by atoms with Crippen LogP contribution >= 0.6 is 11.3 Å².